The molecular weight excluding hydrogens is 146 g/mol. The number of nitrogens with zero attached hydrogens (tertiary/aromatic N) is 1. The SMILES string of the molecule is CC(C)N1CC2C3C1C23C(C)C. The summed E-state index contributed by atoms with van der Waals surface area (Å²) in [6.07, 6.45) is 0. The van der Waals surface area contributed by atoms with E-state index in [2.05, 4.69) is 32.6 Å². The lowest BCUT2D eigenvalue weighted by Crippen LogP contribution is -2.30. The molecule has 68 valence electrons. The third-order valence-corrected chi connectivity index (χ3v) is 4.72. The van der Waals surface area contributed by atoms with Crippen molar-refractivity contribution in [2.45, 2.75) is 39.8 Å². The molecule has 0 N–H and O–H groups in total. The third kappa shape index (κ3) is 0.501. The lowest BCUT2D eigenvalue weighted by atomic mass is 9.95. The highest BCUT2D eigenvalue weighted by Crippen LogP contribution is 2.88. The van der Waals surface area contributed by atoms with E-state index in [1.807, 2.05) is 0 Å². The van der Waals surface area contributed by atoms with Crippen LogP contribution in [0.3, 0.4) is 0 Å². The van der Waals surface area contributed by atoms with E-state index in [9.17, 15) is 0 Å². The molecule has 2 bridgehead atoms. The molecule has 2 saturated carbocycles. The van der Waals surface area contributed by atoms with Gasteiger partial charge in [0.25, 0.3) is 0 Å². The Morgan fingerprint density at radius 2 is 1.92 bits per heavy atom. The van der Waals surface area contributed by atoms with Crippen molar-refractivity contribution in [3.63, 3.8) is 0 Å². The van der Waals surface area contributed by atoms with Crippen molar-refractivity contribution < 1.29 is 0 Å². The summed E-state index contributed by atoms with van der Waals surface area (Å²) in [6.45, 7) is 10.9. The van der Waals surface area contributed by atoms with Gasteiger partial charge in [-0.05, 0) is 37.0 Å². The van der Waals surface area contributed by atoms with Crippen molar-refractivity contribution in [1.29, 1.82) is 0 Å². The van der Waals surface area contributed by atoms with Crippen molar-refractivity contribution >= 4 is 0 Å². The van der Waals surface area contributed by atoms with Gasteiger partial charge in [0, 0.05) is 18.6 Å². The van der Waals surface area contributed by atoms with Gasteiger partial charge in [0.1, 0.15) is 0 Å². The molecule has 0 spiro atoms. The molecule has 0 aromatic rings. The highest BCUT2D eigenvalue weighted by Gasteiger charge is 2.92. The van der Waals surface area contributed by atoms with Crippen LogP contribution < -0.4 is 0 Å². The molecule has 0 amide bonds. The monoisotopic (exact) mass is 165 g/mol. The number of rotatable bonds is 2. The number of fused-ring (bicyclic) bond motifs is 1. The minimum Gasteiger partial charge on any atom is -0.297 e. The molecule has 2 saturated heterocycles. The number of piperidine rings is 1. The van der Waals surface area contributed by atoms with Gasteiger partial charge in [-0.15, -0.1) is 0 Å². The lowest BCUT2D eigenvalue weighted by molar-refractivity contribution is 0.241. The van der Waals surface area contributed by atoms with Crippen molar-refractivity contribution in [2.24, 2.45) is 23.2 Å². The highest BCUT2D eigenvalue weighted by atomic mass is 15.4. The van der Waals surface area contributed by atoms with Crippen LogP contribution in [0.2, 0.25) is 0 Å². The summed E-state index contributed by atoms with van der Waals surface area (Å²) in [5.41, 5.74) is 0.824. The van der Waals surface area contributed by atoms with Crippen molar-refractivity contribution in [1.82, 2.24) is 4.90 Å². The summed E-state index contributed by atoms with van der Waals surface area (Å²) in [7, 11) is 0. The molecule has 0 aromatic heterocycles. The molecule has 0 radical (unpaired) electrons. The lowest BCUT2D eigenvalue weighted by Gasteiger charge is -2.21. The van der Waals surface area contributed by atoms with Gasteiger partial charge in [-0.1, -0.05) is 13.8 Å². The van der Waals surface area contributed by atoms with Crippen LogP contribution in [0.25, 0.3) is 0 Å². The van der Waals surface area contributed by atoms with E-state index >= 15 is 0 Å². The Morgan fingerprint density at radius 1 is 1.25 bits per heavy atom. The van der Waals surface area contributed by atoms with Crippen LogP contribution in [0.4, 0.5) is 0 Å². The molecule has 2 aliphatic carbocycles. The van der Waals surface area contributed by atoms with Crippen LogP contribution in [0.15, 0.2) is 0 Å². The Balaban J connectivity index is 1.81. The summed E-state index contributed by atoms with van der Waals surface area (Å²) in [5, 5.41) is 0. The van der Waals surface area contributed by atoms with Crippen LogP contribution in [0, 0.1) is 23.2 Å². The largest absolute Gasteiger partial charge is 0.297 e. The van der Waals surface area contributed by atoms with Gasteiger partial charge < -0.3 is 0 Å². The highest BCUT2D eigenvalue weighted by molar-refractivity contribution is 5.42. The van der Waals surface area contributed by atoms with E-state index in [1.54, 1.807) is 0 Å². The fourth-order valence-corrected chi connectivity index (χ4v) is 4.08. The maximum Gasteiger partial charge on any atom is 0.0201 e. The van der Waals surface area contributed by atoms with Crippen molar-refractivity contribution in [2.75, 3.05) is 6.54 Å². The molecule has 2 aliphatic heterocycles. The van der Waals surface area contributed by atoms with Crippen LogP contribution in [0.1, 0.15) is 27.7 Å². The van der Waals surface area contributed by atoms with E-state index < -0.39 is 0 Å². The Bertz CT molecular complexity index is 227. The smallest absolute Gasteiger partial charge is 0.0201 e. The zero-order chi connectivity index (χ0) is 8.67. The van der Waals surface area contributed by atoms with E-state index in [0.29, 0.717) is 0 Å². The molecule has 12 heavy (non-hydrogen) atoms. The molecule has 4 aliphatic rings. The maximum absolute atomic E-state index is 2.73. The average Bonchev–Trinajstić information content (AvgIpc) is 2.70. The number of hydrogen-bond donors (Lipinski definition) is 0. The van der Waals surface area contributed by atoms with Gasteiger partial charge in [0.15, 0.2) is 0 Å². The predicted octanol–water partition coefficient (Wildman–Crippen LogP) is 1.98. The summed E-state index contributed by atoms with van der Waals surface area (Å²) >= 11 is 0. The second-order valence-electron chi connectivity index (χ2n) is 5.52. The summed E-state index contributed by atoms with van der Waals surface area (Å²) in [5.74, 6) is 3.16. The second-order valence-corrected chi connectivity index (χ2v) is 5.52. The van der Waals surface area contributed by atoms with E-state index in [0.717, 1.165) is 35.3 Å². The first-order chi connectivity index (χ1) is 5.61. The summed E-state index contributed by atoms with van der Waals surface area (Å²) in [4.78, 5) is 2.73. The van der Waals surface area contributed by atoms with Gasteiger partial charge in [0.05, 0.1) is 0 Å². The normalized spacial score (nSPS) is 55.0. The van der Waals surface area contributed by atoms with Crippen LogP contribution >= 0.6 is 0 Å². The molecule has 0 aromatic carbocycles. The molecule has 4 fully saturated rings. The first-order valence-electron chi connectivity index (χ1n) is 5.37. The van der Waals surface area contributed by atoms with Gasteiger partial charge in [-0.2, -0.15) is 0 Å². The standard InChI is InChI=1S/C11H19N/c1-6(2)11-8-5-12(7(3)4)10(11)9(8)11/h6-10H,5H2,1-4H3. The zero-order valence-electron chi connectivity index (χ0n) is 8.54. The molecule has 2 heterocycles. The first-order valence-corrected chi connectivity index (χ1v) is 5.37. The quantitative estimate of drug-likeness (QED) is 0.605. The van der Waals surface area contributed by atoms with Gasteiger partial charge >= 0.3 is 0 Å². The molecule has 4 rings (SSSR count). The van der Waals surface area contributed by atoms with E-state index in [1.165, 1.54) is 6.54 Å². The molecule has 4 atom stereocenters. The molecule has 1 nitrogen and oxygen atoms in total. The Labute approximate surface area is 75.1 Å². The summed E-state index contributed by atoms with van der Waals surface area (Å²) < 4.78 is 0. The Hall–Kier alpha value is -0.0400. The third-order valence-electron chi connectivity index (χ3n) is 4.72. The fourth-order valence-electron chi connectivity index (χ4n) is 4.08. The molecular formula is C11H19N. The second kappa shape index (κ2) is 1.75. The molecule has 1 heteroatoms. The maximum atomic E-state index is 2.73. The Morgan fingerprint density at radius 3 is 2.17 bits per heavy atom. The van der Waals surface area contributed by atoms with Gasteiger partial charge in [-0.25, -0.2) is 0 Å². The van der Waals surface area contributed by atoms with Crippen molar-refractivity contribution in [3.05, 3.63) is 0 Å². The van der Waals surface area contributed by atoms with Crippen LogP contribution in [-0.4, -0.2) is 23.5 Å². The van der Waals surface area contributed by atoms with Gasteiger partial charge in [0.2, 0.25) is 0 Å². The topological polar surface area (TPSA) is 3.24 Å². The van der Waals surface area contributed by atoms with Crippen LogP contribution in [-0.2, 0) is 0 Å². The zero-order valence-corrected chi connectivity index (χ0v) is 8.54. The minimum atomic E-state index is 0.783. The first kappa shape index (κ1) is 7.37. The fraction of sp³-hybridized carbons (Fsp3) is 1.00. The molecule has 4 unspecified atom stereocenters. The van der Waals surface area contributed by atoms with Gasteiger partial charge in [-0.3, -0.25) is 4.90 Å². The summed E-state index contributed by atoms with van der Waals surface area (Å²) in [6, 6.07) is 1.79. The van der Waals surface area contributed by atoms with E-state index in [-0.39, 0.29) is 0 Å². The van der Waals surface area contributed by atoms with Crippen LogP contribution in [0.5, 0.6) is 0 Å². The predicted molar refractivity (Wildman–Crippen MR) is 49.9 cm³/mol. The van der Waals surface area contributed by atoms with Crippen molar-refractivity contribution in [3.8, 4) is 0 Å². The Kier molecular flexibility index (Phi) is 1.07. The number of hydrogen-bond acceptors (Lipinski definition) is 1. The van der Waals surface area contributed by atoms with E-state index in [4.69, 9.17) is 0 Å². The average molecular weight is 165 g/mol. The minimum absolute atomic E-state index is 0.783.